The molecule has 0 aromatic heterocycles. The maximum absolute atomic E-state index is 11.2. The molecule has 1 rings (SSSR count). The van der Waals surface area contributed by atoms with E-state index in [1.165, 1.54) is 0 Å². The van der Waals surface area contributed by atoms with E-state index in [9.17, 15) is 10.1 Å². The van der Waals surface area contributed by atoms with E-state index in [4.69, 9.17) is 4.74 Å². The Labute approximate surface area is 119 Å². The van der Waals surface area contributed by atoms with Gasteiger partial charge in [-0.25, -0.2) is 0 Å². The first-order valence-electron chi connectivity index (χ1n) is 7.05. The summed E-state index contributed by atoms with van der Waals surface area (Å²) in [6, 6.07) is 5.10. The van der Waals surface area contributed by atoms with E-state index in [0.717, 1.165) is 25.9 Å². The number of anilines is 1. The summed E-state index contributed by atoms with van der Waals surface area (Å²) in [5.74, 6) is 0.323. The molecule has 0 aliphatic rings. The fourth-order valence-electron chi connectivity index (χ4n) is 1.77. The average molecular weight is 281 g/mol. The van der Waals surface area contributed by atoms with E-state index < -0.39 is 4.92 Å². The van der Waals surface area contributed by atoms with Crippen molar-refractivity contribution in [2.24, 2.45) is 0 Å². The second-order valence-electron chi connectivity index (χ2n) is 4.43. The van der Waals surface area contributed by atoms with Crippen LogP contribution in [-0.4, -0.2) is 31.2 Å². The molecule has 0 saturated heterocycles. The molecule has 1 aromatic carbocycles. The standard InChI is InChI=1S/C14H23N3O3/c1-3-8-15-9-10-16-12-6-5-7-13(20-11-4-2)14(12)17(18)19/h5-7,15-16H,3-4,8-11H2,1-2H3. The molecule has 0 heterocycles. The summed E-state index contributed by atoms with van der Waals surface area (Å²) in [6.07, 6.45) is 1.89. The third-order valence-corrected chi connectivity index (χ3v) is 2.69. The first-order valence-corrected chi connectivity index (χ1v) is 7.05. The largest absolute Gasteiger partial charge is 0.487 e. The zero-order valence-electron chi connectivity index (χ0n) is 12.1. The van der Waals surface area contributed by atoms with E-state index >= 15 is 0 Å². The van der Waals surface area contributed by atoms with Gasteiger partial charge in [0.1, 0.15) is 5.69 Å². The number of para-hydroxylation sites is 1. The minimum absolute atomic E-state index is 0.0106. The zero-order valence-corrected chi connectivity index (χ0v) is 12.1. The van der Waals surface area contributed by atoms with Crippen LogP contribution in [0.15, 0.2) is 18.2 Å². The summed E-state index contributed by atoms with van der Waals surface area (Å²) in [5.41, 5.74) is 0.512. The molecule has 0 unspecified atom stereocenters. The predicted molar refractivity (Wildman–Crippen MR) is 80.5 cm³/mol. The van der Waals surface area contributed by atoms with Crippen LogP contribution in [0.25, 0.3) is 0 Å². The molecule has 0 atom stereocenters. The second-order valence-corrected chi connectivity index (χ2v) is 4.43. The van der Waals surface area contributed by atoms with Crippen molar-refractivity contribution in [3.8, 4) is 5.75 Å². The number of hydrogen-bond acceptors (Lipinski definition) is 5. The molecule has 0 bridgehead atoms. The lowest BCUT2D eigenvalue weighted by Gasteiger charge is -2.11. The summed E-state index contributed by atoms with van der Waals surface area (Å²) >= 11 is 0. The Hall–Kier alpha value is -1.82. The van der Waals surface area contributed by atoms with Gasteiger partial charge >= 0.3 is 5.69 Å². The Morgan fingerprint density at radius 3 is 2.65 bits per heavy atom. The number of nitro benzene ring substituents is 1. The minimum atomic E-state index is -0.396. The molecule has 112 valence electrons. The summed E-state index contributed by atoms with van der Waals surface area (Å²) < 4.78 is 5.44. The highest BCUT2D eigenvalue weighted by Crippen LogP contribution is 2.34. The van der Waals surface area contributed by atoms with Gasteiger partial charge in [-0.15, -0.1) is 0 Å². The summed E-state index contributed by atoms with van der Waals surface area (Å²) in [6.45, 7) is 6.89. The number of nitrogens with one attached hydrogen (secondary N) is 2. The van der Waals surface area contributed by atoms with Crippen LogP contribution in [0.5, 0.6) is 5.75 Å². The maximum Gasteiger partial charge on any atom is 0.333 e. The topological polar surface area (TPSA) is 76.4 Å². The van der Waals surface area contributed by atoms with Crippen molar-refractivity contribution in [2.75, 3.05) is 31.6 Å². The van der Waals surface area contributed by atoms with Gasteiger partial charge < -0.3 is 15.4 Å². The van der Waals surface area contributed by atoms with Crippen molar-refractivity contribution >= 4 is 11.4 Å². The van der Waals surface area contributed by atoms with E-state index in [1.807, 2.05) is 6.92 Å². The van der Waals surface area contributed by atoms with Crippen LogP contribution in [-0.2, 0) is 0 Å². The maximum atomic E-state index is 11.2. The SMILES string of the molecule is CCCNCCNc1cccc(OCCC)c1[N+](=O)[O-]. The quantitative estimate of drug-likeness (QED) is 0.392. The summed E-state index contributed by atoms with van der Waals surface area (Å²) in [5, 5.41) is 17.5. The van der Waals surface area contributed by atoms with Gasteiger partial charge in [-0.05, 0) is 31.5 Å². The number of rotatable bonds is 10. The lowest BCUT2D eigenvalue weighted by Crippen LogP contribution is -2.23. The highest BCUT2D eigenvalue weighted by molar-refractivity contribution is 5.68. The van der Waals surface area contributed by atoms with Gasteiger partial charge in [0.15, 0.2) is 5.75 Å². The molecule has 0 aliphatic heterocycles. The number of nitrogens with zero attached hydrogens (tertiary/aromatic N) is 1. The molecular formula is C14H23N3O3. The molecule has 0 aliphatic carbocycles. The van der Waals surface area contributed by atoms with Crippen LogP contribution in [0.1, 0.15) is 26.7 Å². The molecule has 20 heavy (non-hydrogen) atoms. The second kappa shape index (κ2) is 9.14. The van der Waals surface area contributed by atoms with Crippen molar-refractivity contribution in [3.63, 3.8) is 0 Å². The minimum Gasteiger partial charge on any atom is -0.487 e. The monoisotopic (exact) mass is 281 g/mol. The molecule has 0 fully saturated rings. The van der Waals surface area contributed by atoms with E-state index in [0.29, 0.717) is 24.6 Å². The lowest BCUT2D eigenvalue weighted by molar-refractivity contribution is -0.385. The first kappa shape index (κ1) is 16.2. The first-order chi connectivity index (χ1) is 9.70. The van der Waals surface area contributed by atoms with Crippen molar-refractivity contribution in [3.05, 3.63) is 28.3 Å². The van der Waals surface area contributed by atoms with Crippen LogP contribution in [0.2, 0.25) is 0 Å². The number of nitro groups is 1. The van der Waals surface area contributed by atoms with Crippen LogP contribution >= 0.6 is 0 Å². The van der Waals surface area contributed by atoms with Gasteiger partial charge in [-0.2, -0.15) is 0 Å². The normalized spacial score (nSPS) is 10.3. The molecular weight excluding hydrogens is 258 g/mol. The molecule has 6 nitrogen and oxygen atoms in total. The third-order valence-electron chi connectivity index (χ3n) is 2.69. The predicted octanol–water partition coefficient (Wildman–Crippen LogP) is 2.80. The van der Waals surface area contributed by atoms with Crippen molar-refractivity contribution in [2.45, 2.75) is 26.7 Å². The molecule has 0 saturated carbocycles. The fourth-order valence-corrected chi connectivity index (χ4v) is 1.77. The zero-order chi connectivity index (χ0) is 14.8. The van der Waals surface area contributed by atoms with Gasteiger partial charge in [0.25, 0.3) is 0 Å². The smallest absolute Gasteiger partial charge is 0.333 e. The Bertz CT molecular complexity index is 424. The van der Waals surface area contributed by atoms with Gasteiger partial charge in [-0.3, -0.25) is 10.1 Å². The Kier molecular flexibility index (Phi) is 7.42. The van der Waals surface area contributed by atoms with Gasteiger partial charge in [0, 0.05) is 13.1 Å². The molecule has 0 amide bonds. The number of ether oxygens (including phenoxy) is 1. The molecule has 6 heteroatoms. The molecule has 0 radical (unpaired) electrons. The highest BCUT2D eigenvalue weighted by Gasteiger charge is 2.20. The van der Waals surface area contributed by atoms with Crippen LogP contribution in [0.4, 0.5) is 11.4 Å². The van der Waals surface area contributed by atoms with Crippen LogP contribution in [0, 0.1) is 10.1 Å². The van der Waals surface area contributed by atoms with E-state index in [1.54, 1.807) is 18.2 Å². The Morgan fingerprint density at radius 2 is 2.00 bits per heavy atom. The fraction of sp³-hybridized carbons (Fsp3) is 0.571. The third kappa shape index (κ3) is 5.05. The Balaban J connectivity index is 2.71. The van der Waals surface area contributed by atoms with Gasteiger partial charge in [0.2, 0.25) is 0 Å². The number of benzene rings is 1. The average Bonchev–Trinajstić information content (AvgIpc) is 2.44. The number of hydrogen-bond donors (Lipinski definition) is 2. The molecule has 0 spiro atoms. The van der Waals surface area contributed by atoms with Crippen molar-refractivity contribution in [1.82, 2.24) is 5.32 Å². The van der Waals surface area contributed by atoms with Crippen LogP contribution < -0.4 is 15.4 Å². The highest BCUT2D eigenvalue weighted by atomic mass is 16.6. The molecule has 2 N–H and O–H groups in total. The van der Waals surface area contributed by atoms with Crippen LogP contribution in [0.3, 0.4) is 0 Å². The van der Waals surface area contributed by atoms with Crippen molar-refractivity contribution < 1.29 is 9.66 Å². The summed E-state index contributed by atoms with van der Waals surface area (Å²) in [4.78, 5) is 10.8. The molecule has 1 aromatic rings. The van der Waals surface area contributed by atoms with Gasteiger partial charge in [0.05, 0.1) is 11.5 Å². The lowest BCUT2D eigenvalue weighted by atomic mass is 10.2. The van der Waals surface area contributed by atoms with E-state index in [-0.39, 0.29) is 5.69 Å². The van der Waals surface area contributed by atoms with E-state index in [2.05, 4.69) is 17.6 Å². The Morgan fingerprint density at radius 1 is 1.20 bits per heavy atom. The van der Waals surface area contributed by atoms with Gasteiger partial charge in [-0.1, -0.05) is 19.9 Å². The van der Waals surface area contributed by atoms with Crippen molar-refractivity contribution in [1.29, 1.82) is 0 Å². The summed E-state index contributed by atoms with van der Waals surface area (Å²) in [7, 11) is 0.